The molecule has 0 fully saturated rings. The number of amides is 1. The lowest BCUT2D eigenvalue weighted by molar-refractivity contribution is -0.112. The lowest BCUT2D eigenvalue weighted by Gasteiger charge is -2.28. The molecular weight excluding hydrogens is 376 g/mol. The van der Waals surface area contributed by atoms with Crippen molar-refractivity contribution in [2.24, 2.45) is 4.40 Å². The summed E-state index contributed by atoms with van der Waals surface area (Å²) in [7, 11) is -3.54. The number of fused-ring (bicyclic) bond motifs is 1. The number of carbonyl (C=O) groups is 1. The maximum atomic E-state index is 12.7. The van der Waals surface area contributed by atoms with E-state index < -0.39 is 15.9 Å². The maximum absolute atomic E-state index is 12.7. The Morgan fingerprint density at radius 1 is 0.964 bits per heavy atom. The van der Waals surface area contributed by atoms with Crippen LogP contribution in [0.1, 0.15) is 0 Å². The highest BCUT2D eigenvalue weighted by atomic mass is 32.2. The fourth-order valence-corrected chi connectivity index (χ4v) is 3.90. The quantitative estimate of drug-likeness (QED) is 0.832. The van der Waals surface area contributed by atoms with Crippen molar-refractivity contribution >= 4 is 38.8 Å². The molecule has 1 amide bonds. The normalized spacial score (nSPS) is 17.2. The molecule has 0 aliphatic carbocycles. The molecule has 0 aromatic heterocycles. The van der Waals surface area contributed by atoms with Crippen LogP contribution in [0.25, 0.3) is 0 Å². The van der Waals surface area contributed by atoms with Gasteiger partial charge in [-0.1, -0.05) is 18.2 Å². The van der Waals surface area contributed by atoms with Gasteiger partial charge in [0.25, 0.3) is 15.9 Å². The first kappa shape index (κ1) is 18.0. The Bertz CT molecular complexity index is 1090. The number of allylic oxidation sites excluding steroid dienone is 2. The maximum Gasteiger partial charge on any atom is 0.259 e. The molecule has 0 bridgehead atoms. The van der Waals surface area contributed by atoms with Gasteiger partial charge in [-0.3, -0.25) is 4.79 Å². The van der Waals surface area contributed by atoms with Gasteiger partial charge in [-0.2, -0.15) is 0 Å². The van der Waals surface area contributed by atoms with Crippen LogP contribution in [0.4, 0.5) is 17.1 Å². The summed E-state index contributed by atoms with van der Waals surface area (Å²) in [5.41, 5.74) is 2.68. The Balaban J connectivity index is 1.48. The first-order valence-corrected chi connectivity index (χ1v) is 10.3. The number of hydrogen-bond donors (Lipinski definition) is 2. The molecule has 0 atom stereocenters. The largest absolute Gasteiger partial charge is 0.356 e. The number of rotatable bonds is 4. The Kier molecular flexibility index (Phi) is 4.70. The predicted molar refractivity (Wildman–Crippen MR) is 110 cm³/mol. The Hall–Kier alpha value is -3.39. The highest BCUT2D eigenvalue weighted by molar-refractivity contribution is 7.90. The van der Waals surface area contributed by atoms with Gasteiger partial charge in [0.1, 0.15) is 0 Å². The van der Waals surface area contributed by atoms with Gasteiger partial charge in [-0.05, 0) is 48.6 Å². The van der Waals surface area contributed by atoms with Crippen molar-refractivity contribution in [3.8, 4) is 0 Å². The van der Waals surface area contributed by atoms with Crippen LogP contribution in [0.2, 0.25) is 0 Å². The second-order valence-corrected chi connectivity index (χ2v) is 8.09. The van der Waals surface area contributed by atoms with Crippen LogP contribution in [0, 0.1) is 0 Å². The summed E-state index contributed by atoms with van der Waals surface area (Å²) in [6, 6.07) is 17.0. The topological polar surface area (TPSA) is 90.9 Å². The third-order valence-corrected chi connectivity index (χ3v) is 5.46. The molecule has 0 radical (unpaired) electrons. The molecule has 2 aliphatic rings. The van der Waals surface area contributed by atoms with Gasteiger partial charge < -0.3 is 15.5 Å². The molecule has 8 heteroatoms. The number of benzene rings is 2. The number of para-hydroxylation sites is 1. The zero-order valence-electron chi connectivity index (χ0n) is 14.9. The van der Waals surface area contributed by atoms with Gasteiger partial charge in [0.15, 0.2) is 5.84 Å². The summed E-state index contributed by atoms with van der Waals surface area (Å²) >= 11 is 0. The van der Waals surface area contributed by atoms with E-state index in [2.05, 4.69) is 15.0 Å². The number of nitrogens with zero attached hydrogens (tertiary/aromatic N) is 2. The third-order valence-electron chi connectivity index (χ3n) is 4.31. The molecule has 0 saturated carbocycles. The standard InChI is InChI=1S/C20H18N4O3S/c25-20(18-7-4-12-24-13-14-28(26,27)23-19(18)24)22-17-10-8-16(9-11-17)21-15-5-2-1-3-6-15/h1-12,21H,13-14H2,(H,22,25). The molecule has 2 heterocycles. The summed E-state index contributed by atoms with van der Waals surface area (Å²) in [5, 5.41) is 6.06. The SMILES string of the molecule is O=C(Nc1ccc(Nc2ccccc2)cc1)C1=CC=CN2CCS(=O)(=O)N=C12. The molecule has 2 aromatic rings. The monoisotopic (exact) mass is 394 g/mol. The van der Waals surface area contributed by atoms with E-state index in [1.165, 1.54) is 0 Å². The molecule has 2 aromatic carbocycles. The predicted octanol–water partition coefficient (Wildman–Crippen LogP) is 2.87. The average molecular weight is 394 g/mol. The Labute approximate surface area is 163 Å². The molecule has 0 unspecified atom stereocenters. The van der Waals surface area contributed by atoms with Crippen LogP contribution < -0.4 is 10.6 Å². The number of hydrogen-bond acceptors (Lipinski definition) is 5. The minimum atomic E-state index is -3.54. The van der Waals surface area contributed by atoms with Gasteiger partial charge in [-0.15, -0.1) is 4.40 Å². The van der Waals surface area contributed by atoms with Gasteiger partial charge in [0.2, 0.25) is 0 Å². The summed E-state index contributed by atoms with van der Waals surface area (Å²) in [5.74, 6) is -0.311. The minimum Gasteiger partial charge on any atom is -0.356 e. The number of sulfonamides is 1. The summed E-state index contributed by atoms with van der Waals surface area (Å²) in [4.78, 5) is 14.3. The Morgan fingerprint density at radius 3 is 2.39 bits per heavy atom. The second-order valence-electron chi connectivity index (χ2n) is 6.34. The van der Waals surface area contributed by atoms with Crippen molar-refractivity contribution in [1.29, 1.82) is 0 Å². The van der Waals surface area contributed by atoms with Crippen LogP contribution in [-0.4, -0.2) is 37.4 Å². The highest BCUT2D eigenvalue weighted by Gasteiger charge is 2.29. The summed E-state index contributed by atoms with van der Waals surface area (Å²) in [6.07, 6.45) is 4.99. The van der Waals surface area contributed by atoms with E-state index in [-0.39, 0.29) is 23.7 Å². The molecule has 0 saturated heterocycles. The zero-order valence-corrected chi connectivity index (χ0v) is 15.7. The molecule has 2 N–H and O–H groups in total. The van der Waals surface area contributed by atoms with E-state index in [1.807, 2.05) is 42.5 Å². The first-order valence-electron chi connectivity index (χ1n) is 8.72. The minimum absolute atomic E-state index is 0.0639. The average Bonchev–Trinajstić information content (AvgIpc) is 2.69. The van der Waals surface area contributed by atoms with E-state index in [9.17, 15) is 13.2 Å². The first-order chi connectivity index (χ1) is 13.5. The van der Waals surface area contributed by atoms with Crippen LogP contribution >= 0.6 is 0 Å². The number of anilines is 3. The third kappa shape index (κ3) is 3.96. The van der Waals surface area contributed by atoms with Gasteiger partial charge in [0, 0.05) is 29.8 Å². The van der Waals surface area contributed by atoms with Crippen molar-refractivity contribution in [2.45, 2.75) is 0 Å². The number of carbonyl (C=O) groups excluding carboxylic acids is 1. The summed E-state index contributed by atoms with van der Waals surface area (Å²) in [6.45, 7) is 0.280. The Morgan fingerprint density at radius 2 is 1.64 bits per heavy atom. The fraction of sp³-hybridized carbons (Fsp3) is 0.100. The molecule has 28 heavy (non-hydrogen) atoms. The van der Waals surface area contributed by atoms with Crippen molar-refractivity contribution in [3.05, 3.63) is 78.5 Å². The lowest BCUT2D eigenvalue weighted by Crippen LogP contribution is -2.40. The van der Waals surface area contributed by atoms with E-state index in [4.69, 9.17) is 0 Å². The molecule has 7 nitrogen and oxygen atoms in total. The molecule has 4 rings (SSSR count). The number of nitrogens with one attached hydrogen (secondary N) is 2. The fourth-order valence-electron chi connectivity index (χ4n) is 2.92. The van der Waals surface area contributed by atoms with Crippen molar-refractivity contribution in [3.63, 3.8) is 0 Å². The number of amidine groups is 1. The van der Waals surface area contributed by atoms with Crippen molar-refractivity contribution < 1.29 is 13.2 Å². The second kappa shape index (κ2) is 7.32. The van der Waals surface area contributed by atoms with Gasteiger partial charge >= 0.3 is 0 Å². The van der Waals surface area contributed by atoms with Crippen molar-refractivity contribution in [1.82, 2.24) is 4.90 Å². The smallest absolute Gasteiger partial charge is 0.259 e. The zero-order chi connectivity index (χ0) is 19.6. The van der Waals surface area contributed by atoms with Crippen LogP contribution in [0.3, 0.4) is 0 Å². The van der Waals surface area contributed by atoms with Crippen LogP contribution in [0.15, 0.2) is 82.9 Å². The van der Waals surface area contributed by atoms with E-state index in [1.54, 1.807) is 35.4 Å². The lowest BCUT2D eigenvalue weighted by atomic mass is 10.1. The summed E-state index contributed by atoms with van der Waals surface area (Å²) < 4.78 is 27.4. The van der Waals surface area contributed by atoms with Crippen LogP contribution in [-0.2, 0) is 14.8 Å². The molecule has 142 valence electrons. The van der Waals surface area contributed by atoms with Gasteiger partial charge in [-0.25, -0.2) is 8.42 Å². The van der Waals surface area contributed by atoms with E-state index >= 15 is 0 Å². The molecule has 0 spiro atoms. The van der Waals surface area contributed by atoms with E-state index in [0.29, 0.717) is 5.69 Å². The van der Waals surface area contributed by atoms with Crippen molar-refractivity contribution in [2.75, 3.05) is 22.9 Å². The highest BCUT2D eigenvalue weighted by Crippen LogP contribution is 2.21. The van der Waals surface area contributed by atoms with Gasteiger partial charge in [0.05, 0.1) is 11.3 Å². The molecular formula is C20H18N4O3S. The van der Waals surface area contributed by atoms with E-state index in [0.717, 1.165) is 11.4 Å². The molecule has 2 aliphatic heterocycles. The van der Waals surface area contributed by atoms with Crippen LogP contribution in [0.5, 0.6) is 0 Å².